The smallest absolute Gasteiger partial charge is 0.210 e. The van der Waals surface area contributed by atoms with Crippen LogP contribution in [-0.4, -0.2) is 12.5 Å². The van der Waals surface area contributed by atoms with Gasteiger partial charge in [-0.15, -0.1) is 0 Å². The number of guanidine groups is 1. The first kappa shape index (κ1) is 15.0. The van der Waals surface area contributed by atoms with Crippen LogP contribution in [0.2, 0.25) is 10.0 Å². The molecule has 0 heterocycles. The molecule has 4 N–H and O–H groups in total. The first-order chi connectivity index (χ1) is 8.43. The summed E-state index contributed by atoms with van der Waals surface area (Å²) in [6, 6.07) is 2.32. The standard InChI is InChI=1S/C11H15Cl2FN4/c1-6(2)5-16-11(18-15)17-10-8(12)3-7(14)4-9(10)13/h3-4,6H,5,15H2,1-2H3,(H2,16,17,18). The third kappa shape index (κ3) is 4.33. The molecule has 1 aromatic rings. The molecule has 0 saturated carbocycles. The maximum Gasteiger partial charge on any atom is 0.210 e. The first-order valence-electron chi connectivity index (χ1n) is 5.36. The molecule has 0 saturated heterocycles. The van der Waals surface area contributed by atoms with Gasteiger partial charge in [0.15, 0.2) is 0 Å². The molecule has 1 aromatic carbocycles. The molecule has 0 aliphatic rings. The molecule has 18 heavy (non-hydrogen) atoms. The molecule has 0 atom stereocenters. The van der Waals surface area contributed by atoms with E-state index >= 15 is 0 Å². The molecular formula is C11H15Cl2FN4. The van der Waals surface area contributed by atoms with E-state index < -0.39 is 5.82 Å². The molecule has 0 amide bonds. The minimum atomic E-state index is -0.503. The predicted octanol–water partition coefficient (Wildman–Crippen LogP) is 3.02. The summed E-state index contributed by atoms with van der Waals surface area (Å²) in [6.45, 7) is 4.63. The van der Waals surface area contributed by atoms with Gasteiger partial charge >= 0.3 is 0 Å². The number of halogens is 3. The van der Waals surface area contributed by atoms with Gasteiger partial charge in [0.2, 0.25) is 5.96 Å². The monoisotopic (exact) mass is 292 g/mol. The fourth-order valence-electron chi connectivity index (χ4n) is 1.18. The van der Waals surface area contributed by atoms with Crippen molar-refractivity contribution in [3.8, 4) is 0 Å². The molecule has 0 bridgehead atoms. The minimum Gasteiger partial charge on any atom is -0.323 e. The molecule has 1 rings (SSSR count). The van der Waals surface area contributed by atoms with Crippen LogP contribution in [0.3, 0.4) is 0 Å². The van der Waals surface area contributed by atoms with E-state index in [1.165, 1.54) is 0 Å². The Morgan fingerprint density at radius 2 is 1.94 bits per heavy atom. The fourth-order valence-corrected chi connectivity index (χ4v) is 1.73. The molecule has 0 spiro atoms. The van der Waals surface area contributed by atoms with Crippen molar-refractivity contribution in [1.29, 1.82) is 0 Å². The van der Waals surface area contributed by atoms with Gasteiger partial charge in [-0.3, -0.25) is 10.4 Å². The van der Waals surface area contributed by atoms with Gasteiger partial charge in [-0.2, -0.15) is 0 Å². The Labute approximate surface area is 115 Å². The summed E-state index contributed by atoms with van der Waals surface area (Å²) in [7, 11) is 0. The van der Waals surface area contributed by atoms with E-state index in [1.807, 2.05) is 13.8 Å². The zero-order chi connectivity index (χ0) is 13.7. The number of aliphatic imine (C=N–C) groups is 1. The molecule has 0 aromatic heterocycles. The van der Waals surface area contributed by atoms with E-state index in [1.54, 1.807) is 0 Å². The summed E-state index contributed by atoms with van der Waals surface area (Å²) in [5, 5.41) is 3.15. The number of rotatable bonds is 3. The van der Waals surface area contributed by atoms with Crippen molar-refractivity contribution in [3.05, 3.63) is 28.0 Å². The zero-order valence-corrected chi connectivity index (χ0v) is 11.6. The Balaban J connectivity index is 2.92. The second kappa shape index (κ2) is 6.78. The van der Waals surface area contributed by atoms with E-state index in [0.29, 0.717) is 24.1 Å². The van der Waals surface area contributed by atoms with E-state index in [0.717, 1.165) is 12.1 Å². The number of hydrogen-bond donors (Lipinski definition) is 3. The van der Waals surface area contributed by atoms with Gasteiger partial charge in [0.05, 0.1) is 15.7 Å². The van der Waals surface area contributed by atoms with Crippen LogP contribution in [0.1, 0.15) is 13.8 Å². The Morgan fingerprint density at radius 3 is 2.39 bits per heavy atom. The highest BCUT2D eigenvalue weighted by Gasteiger charge is 2.10. The van der Waals surface area contributed by atoms with E-state index in [9.17, 15) is 4.39 Å². The van der Waals surface area contributed by atoms with Crippen LogP contribution in [0.4, 0.5) is 10.1 Å². The normalized spacial score (nSPS) is 11.8. The minimum absolute atomic E-state index is 0.160. The van der Waals surface area contributed by atoms with Crippen LogP contribution >= 0.6 is 23.2 Å². The highest BCUT2D eigenvalue weighted by atomic mass is 35.5. The average molecular weight is 293 g/mol. The number of nitrogens with two attached hydrogens (primary N) is 1. The second-order valence-electron chi connectivity index (χ2n) is 4.10. The fraction of sp³-hybridized carbons (Fsp3) is 0.364. The molecule has 0 unspecified atom stereocenters. The topological polar surface area (TPSA) is 62.4 Å². The van der Waals surface area contributed by atoms with Crippen molar-refractivity contribution in [2.24, 2.45) is 16.8 Å². The third-order valence-electron chi connectivity index (χ3n) is 2.00. The van der Waals surface area contributed by atoms with E-state index in [4.69, 9.17) is 29.0 Å². The van der Waals surface area contributed by atoms with Crippen molar-refractivity contribution in [3.63, 3.8) is 0 Å². The largest absolute Gasteiger partial charge is 0.323 e. The van der Waals surface area contributed by atoms with Crippen molar-refractivity contribution in [2.75, 3.05) is 11.9 Å². The van der Waals surface area contributed by atoms with Gasteiger partial charge in [0, 0.05) is 6.54 Å². The molecule has 7 heteroatoms. The van der Waals surface area contributed by atoms with Crippen molar-refractivity contribution >= 4 is 34.8 Å². The summed E-state index contributed by atoms with van der Waals surface area (Å²) in [6.07, 6.45) is 0. The number of benzene rings is 1. The maximum absolute atomic E-state index is 13.0. The predicted molar refractivity (Wildman–Crippen MR) is 74.5 cm³/mol. The van der Waals surface area contributed by atoms with Gasteiger partial charge < -0.3 is 5.32 Å². The molecule has 100 valence electrons. The Kier molecular flexibility index (Phi) is 5.65. The number of anilines is 1. The number of nitrogens with zero attached hydrogens (tertiary/aromatic N) is 1. The maximum atomic E-state index is 13.0. The van der Waals surface area contributed by atoms with Gasteiger partial charge in [-0.1, -0.05) is 37.0 Å². The lowest BCUT2D eigenvalue weighted by molar-refractivity contribution is 0.628. The lowest BCUT2D eigenvalue weighted by Crippen LogP contribution is -2.36. The van der Waals surface area contributed by atoms with Gasteiger partial charge in [-0.25, -0.2) is 10.2 Å². The Morgan fingerprint density at radius 1 is 1.39 bits per heavy atom. The van der Waals surface area contributed by atoms with Crippen molar-refractivity contribution < 1.29 is 4.39 Å². The van der Waals surface area contributed by atoms with Gasteiger partial charge in [0.25, 0.3) is 0 Å². The summed E-state index contributed by atoms with van der Waals surface area (Å²) < 4.78 is 13.0. The second-order valence-corrected chi connectivity index (χ2v) is 4.91. The van der Waals surface area contributed by atoms with Crippen LogP contribution in [0, 0.1) is 11.7 Å². The number of hydrogen-bond acceptors (Lipinski definition) is 2. The van der Waals surface area contributed by atoms with Crippen LogP contribution in [-0.2, 0) is 0 Å². The highest BCUT2D eigenvalue weighted by molar-refractivity contribution is 6.39. The summed E-state index contributed by atoms with van der Waals surface area (Å²) in [4.78, 5) is 4.20. The molecular weight excluding hydrogens is 278 g/mol. The quantitative estimate of drug-likeness (QED) is 0.347. The van der Waals surface area contributed by atoms with Crippen molar-refractivity contribution in [2.45, 2.75) is 13.8 Å². The van der Waals surface area contributed by atoms with Crippen LogP contribution in [0.25, 0.3) is 0 Å². The SMILES string of the molecule is CC(C)CN=C(NN)Nc1c(Cl)cc(F)cc1Cl. The highest BCUT2D eigenvalue weighted by Crippen LogP contribution is 2.31. The number of hydrazine groups is 1. The van der Waals surface area contributed by atoms with Gasteiger partial charge in [0.1, 0.15) is 5.82 Å². The first-order valence-corrected chi connectivity index (χ1v) is 6.12. The van der Waals surface area contributed by atoms with Crippen molar-refractivity contribution in [1.82, 2.24) is 5.43 Å². The zero-order valence-electron chi connectivity index (χ0n) is 10.1. The Bertz CT molecular complexity index is 426. The van der Waals surface area contributed by atoms with Crippen LogP contribution < -0.4 is 16.6 Å². The lowest BCUT2D eigenvalue weighted by atomic mass is 10.2. The summed E-state index contributed by atoms with van der Waals surface area (Å²) >= 11 is 11.8. The molecule has 0 aliphatic carbocycles. The molecule has 4 nitrogen and oxygen atoms in total. The third-order valence-corrected chi connectivity index (χ3v) is 2.60. The van der Waals surface area contributed by atoms with E-state index in [-0.39, 0.29) is 10.0 Å². The summed E-state index contributed by atoms with van der Waals surface area (Å²) in [5.41, 5.74) is 2.76. The molecule has 0 fully saturated rings. The molecule has 0 aliphatic heterocycles. The van der Waals surface area contributed by atoms with Crippen LogP contribution in [0.5, 0.6) is 0 Å². The molecule has 0 radical (unpaired) electrons. The Hall–Kier alpha value is -1.04. The number of nitrogens with one attached hydrogen (secondary N) is 2. The van der Waals surface area contributed by atoms with Gasteiger partial charge in [-0.05, 0) is 18.1 Å². The van der Waals surface area contributed by atoms with E-state index in [2.05, 4.69) is 15.7 Å². The van der Waals surface area contributed by atoms with Crippen LogP contribution in [0.15, 0.2) is 17.1 Å². The lowest BCUT2D eigenvalue weighted by Gasteiger charge is -2.13. The average Bonchev–Trinajstić information content (AvgIpc) is 2.26. The summed E-state index contributed by atoms with van der Waals surface area (Å²) in [5.74, 6) is 5.53.